The molecule has 0 aliphatic carbocycles. The highest BCUT2D eigenvalue weighted by molar-refractivity contribution is 7.99. The van der Waals surface area contributed by atoms with E-state index >= 15 is 0 Å². The highest BCUT2D eigenvalue weighted by Crippen LogP contribution is 2.51. The van der Waals surface area contributed by atoms with E-state index in [0.29, 0.717) is 16.2 Å². The molecule has 16 nitrogen and oxygen atoms in total. The number of ether oxygens (including phenoxy) is 6. The van der Waals surface area contributed by atoms with Gasteiger partial charge in [-0.2, -0.15) is 4.98 Å². The number of imidazole rings is 1. The number of carbonyl (C=O) groups excluding carboxylic acids is 2. The van der Waals surface area contributed by atoms with Crippen LogP contribution in [0.1, 0.15) is 27.7 Å². The summed E-state index contributed by atoms with van der Waals surface area (Å²) in [5.41, 5.74) is 6.98. The maximum absolute atomic E-state index is 13.8. The summed E-state index contributed by atoms with van der Waals surface area (Å²) < 4.78 is 57.5. The first-order chi connectivity index (χ1) is 21.6. The van der Waals surface area contributed by atoms with Crippen LogP contribution in [0.5, 0.6) is 5.75 Å². The Morgan fingerprint density at radius 3 is 2.09 bits per heavy atom. The van der Waals surface area contributed by atoms with Gasteiger partial charge in [-0.25, -0.2) is 19.0 Å². The molecule has 0 bridgehead atoms. The Labute approximate surface area is 264 Å². The smallest absolute Gasteiger partial charge is 0.365 e. The average Bonchev–Trinajstić information content (AvgIpc) is 3.40. The van der Waals surface area contributed by atoms with Crippen LogP contribution in [0, 0.1) is 11.8 Å². The zero-order valence-corrected chi connectivity index (χ0v) is 27.3. The van der Waals surface area contributed by atoms with Crippen molar-refractivity contribution in [1.29, 1.82) is 0 Å². The molecule has 2 heterocycles. The van der Waals surface area contributed by atoms with E-state index in [1.54, 1.807) is 18.0 Å². The second-order valence-electron chi connectivity index (χ2n) is 10.1. The summed E-state index contributed by atoms with van der Waals surface area (Å²) in [5.74, 6) is 0.835. The van der Waals surface area contributed by atoms with Gasteiger partial charge in [0.25, 0.3) is 12.9 Å². The summed E-state index contributed by atoms with van der Waals surface area (Å²) in [5, 5.41) is 0.555. The van der Waals surface area contributed by atoms with Crippen LogP contribution in [-0.4, -0.2) is 78.7 Å². The third-order valence-electron chi connectivity index (χ3n) is 5.41. The molecule has 0 aliphatic rings. The van der Waals surface area contributed by atoms with Crippen molar-refractivity contribution in [2.24, 2.45) is 11.8 Å². The van der Waals surface area contributed by atoms with Crippen molar-refractivity contribution in [2.45, 2.75) is 57.1 Å². The fourth-order valence-electron chi connectivity index (χ4n) is 3.43. The lowest BCUT2D eigenvalue weighted by molar-refractivity contribution is -0.258. The predicted octanol–water partition coefficient (Wildman–Crippen LogP) is 4.03. The van der Waals surface area contributed by atoms with E-state index in [0.717, 1.165) is 10.6 Å². The number of benzene rings is 1. The van der Waals surface area contributed by atoms with Crippen LogP contribution in [0.2, 0.25) is 0 Å². The number of hydrogen-bond acceptors (Lipinski definition) is 16. The summed E-state index contributed by atoms with van der Waals surface area (Å²) in [6, 6.07) is 7.44. The Kier molecular flexibility index (Phi) is 14.5. The molecule has 248 valence electrons. The van der Waals surface area contributed by atoms with Gasteiger partial charge in [0.15, 0.2) is 5.65 Å². The molecule has 45 heavy (non-hydrogen) atoms. The molecule has 0 fully saturated rings. The summed E-state index contributed by atoms with van der Waals surface area (Å²) in [6.45, 7) is 4.56. The maximum atomic E-state index is 13.8. The van der Waals surface area contributed by atoms with Crippen LogP contribution in [-0.2, 0) is 53.4 Å². The number of methoxy groups -OCH3 is 1. The molecule has 3 rings (SSSR count). The largest absolute Gasteiger partial charge is 0.497 e. The van der Waals surface area contributed by atoms with Gasteiger partial charge >= 0.3 is 20.5 Å². The highest BCUT2D eigenvalue weighted by Gasteiger charge is 2.36. The first kappa shape index (κ1) is 36.2. The van der Waals surface area contributed by atoms with Crippen LogP contribution >= 0.6 is 19.4 Å². The van der Waals surface area contributed by atoms with Gasteiger partial charge in [0, 0.05) is 11.4 Å². The van der Waals surface area contributed by atoms with Crippen LogP contribution in [0.4, 0.5) is 5.95 Å². The lowest BCUT2D eigenvalue weighted by atomic mass is 10.2. The lowest BCUT2D eigenvalue weighted by Crippen LogP contribution is -2.27. The summed E-state index contributed by atoms with van der Waals surface area (Å²) in [6.07, 6.45) is 0.900. The minimum absolute atomic E-state index is 0.0227. The van der Waals surface area contributed by atoms with E-state index in [1.165, 1.54) is 11.8 Å². The van der Waals surface area contributed by atoms with E-state index in [4.69, 9.17) is 43.2 Å². The van der Waals surface area contributed by atoms with Crippen LogP contribution in [0.3, 0.4) is 0 Å². The number of anilines is 1. The van der Waals surface area contributed by atoms with Crippen molar-refractivity contribution < 1.29 is 51.6 Å². The van der Waals surface area contributed by atoms with Crippen molar-refractivity contribution in [3.8, 4) is 5.75 Å². The van der Waals surface area contributed by atoms with E-state index in [-0.39, 0.29) is 57.1 Å². The minimum atomic E-state index is -4.35. The predicted molar refractivity (Wildman–Crippen MR) is 161 cm³/mol. The summed E-state index contributed by atoms with van der Waals surface area (Å²) >= 11 is 1.37. The van der Waals surface area contributed by atoms with Gasteiger partial charge in [-0.3, -0.25) is 14.2 Å². The molecule has 2 atom stereocenters. The number of hydrogen-bond donors (Lipinski definition) is 1. The van der Waals surface area contributed by atoms with Gasteiger partial charge in [0.1, 0.15) is 22.6 Å². The SMILES string of the molecule is COc1ccc(Sc2nc(N)nc3c2ncn3CCOCP(=O)(OC(OC=O)OCC(C)C)OC(OC=O)OCC(C)C)cc1. The van der Waals surface area contributed by atoms with Gasteiger partial charge in [-0.15, -0.1) is 0 Å². The van der Waals surface area contributed by atoms with Crippen molar-refractivity contribution in [3.63, 3.8) is 0 Å². The first-order valence-electron chi connectivity index (χ1n) is 13.8. The number of rotatable bonds is 22. The lowest BCUT2D eigenvalue weighted by Gasteiger charge is -2.26. The fourth-order valence-corrected chi connectivity index (χ4v) is 5.58. The van der Waals surface area contributed by atoms with Crippen molar-refractivity contribution in [1.82, 2.24) is 19.5 Å². The molecule has 3 aromatic rings. The van der Waals surface area contributed by atoms with Gasteiger partial charge < -0.3 is 38.7 Å². The molecule has 0 saturated heterocycles. The van der Waals surface area contributed by atoms with Gasteiger partial charge in [-0.05, 0) is 36.1 Å². The number of nitrogen functional groups attached to an aromatic ring is 1. The molecular formula is C27H38N5O11PS. The molecule has 0 spiro atoms. The molecule has 18 heteroatoms. The molecule has 2 aromatic heterocycles. The molecular weight excluding hydrogens is 633 g/mol. The molecule has 0 radical (unpaired) electrons. The Morgan fingerprint density at radius 1 is 0.956 bits per heavy atom. The maximum Gasteiger partial charge on any atom is 0.365 e. The average molecular weight is 672 g/mol. The Morgan fingerprint density at radius 2 is 1.56 bits per heavy atom. The monoisotopic (exact) mass is 671 g/mol. The zero-order valence-electron chi connectivity index (χ0n) is 25.6. The normalized spacial score (nSPS) is 14.3. The molecule has 1 aromatic carbocycles. The second kappa shape index (κ2) is 18.0. The first-order valence-corrected chi connectivity index (χ1v) is 16.4. The third-order valence-corrected chi connectivity index (χ3v) is 7.88. The summed E-state index contributed by atoms with van der Waals surface area (Å²) in [7, 11) is -2.76. The Bertz CT molecular complexity index is 1380. The number of nitrogens with two attached hydrogens (primary N) is 1. The third kappa shape index (κ3) is 11.9. The fraction of sp³-hybridized carbons (Fsp3) is 0.519. The number of carbonyl (C=O) groups is 2. The van der Waals surface area contributed by atoms with Crippen LogP contribution in [0.25, 0.3) is 11.2 Å². The number of aromatic nitrogens is 4. The molecule has 0 amide bonds. The van der Waals surface area contributed by atoms with E-state index in [2.05, 4.69) is 15.0 Å². The quantitative estimate of drug-likeness (QED) is 0.0528. The zero-order chi connectivity index (χ0) is 32.8. The van der Waals surface area contributed by atoms with Crippen molar-refractivity contribution >= 4 is 49.4 Å². The second-order valence-corrected chi connectivity index (χ2v) is 13.1. The Balaban J connectivity index is 1.72. The number of nitrogens with zero attached hydrogens (tertiary/aromatic N) is 4. The van der Waals surface area contributed by atoms with Crippen molar-refractivity contribution in [2.75, 3.05) is 39.0 Å². The molecule has 2 N–H and O–H groups in total. The van der Waals surface area contributed by atoms with E-state index < -0.39 is 26.9 Å². The van der Waals surface area contributed by atoms with Gasteiger partial charge in [0.05, 0.1) is 33.3 Å². The van der Waals surface area contributed by atoms with Crippen LogP contribution < -0.4 is 10.5 Å². The number of fused-ring (bicyclic) bond motifs is 1. The standard InChI is InChI=1S/C27H38N5O11PS/c1-18(2)12-38-26(40-15-33)42-44(35,43-27(41-16-34)39-13-19(3)4)17-37-11-10-32-14-29-22-23(32)30-25(28)31-24(22)45-21-8-6-20(36-5)7-9-21/h6-9,14-16,18-19,26-27H,10-13,17H2,1-5H3,(H2,28,30,31). The van der Waals surface area contributed by atoms with Gasteiger partial charge in [0.2, 0.25) is 5.95 Å². The minimum Gasteiger partial charge on any atom is -0.497 e. The molecule has 2 unspecified atom stereocenters. The van der Waals surface area contributed by atoms with Crippen LogP contribution in [0.15, 0.2) is 40.5 Å². The molecule has 0 aliphatic heterocycles. The topological polar surface area (TPSA) is 195 Å². The molecule has 0 saturated carbocycles. The highest BCUT2D eigenvalue weighted by atomic mass is 32.2. The van der Waals surface area contributed by atoms with Crippen molar-refractivity contribution in [3.05, 3.63) is 30.6 Å². The van der Waals surface area contributed by atoms with Gasteiger partial charge in [-0.1, -0.05) is 39.5 Å². The van der Waals surface area contributed by atoms with E-state index in [1.807, 2.05) is 52.0 Å². The summed E-state index contributed by atoms with van der Waals surface area (Å²) in [4.78, 5) is 36.1. The van der Waals surface area contributed by atoms with E-state index in [9.17, 15) is 14.2 Å². The Hall–Kier alpha value is -3.31.